The van der Waals surface area contributed by atoms with E-state index in [2.05, 4.69) is 25.1 Å². The first-order valence-electron chi connectivity index (χ1n) is 6.31. The summed E-state index contributed by atoms with van der Waals surface area (Å²) in [6.45, 7) is 2.30. The molecule has 1 fully saturated rings. The molecule has 1 aliphatic carbocycles. The van der Waals surface area contributed by atoms with Gasteiger partial charge in [-0.05, 0) is 42.4 Å². The van der Waals surface area contributed by atoms with Crippen LogP contribution in [0.15, 0.2) is 24.3 Å². The lowest BCUT2D eigenvalue weighted by atomic mass is 9.68. The van der Waals surface area contributed by atoms with Crippen molar-refractivity contribution in [2.24, 2.45) is 0 Å². The minimum absolute atomic E-state index is 0.395. The Balaban J connectivity index is 2.29. The Morgan fingerprint density at radius 1 is 1.12 bits per heavy atom. The van der Waals surface area contributed by atoms with Crippen molar-refractivity contribution in [3.05, 3.63) is 35.4 Å². The van der Waals surface area contributed by atoms with Crippen LogP contribution in [0.5, 0.6) is 0 Å². The summed E-state index contributed by atoms with van der Waals surface area (Å²) in [5.41, 5.74) is 2.60. The normalized spacial score (nSPS) is 19.0. The minimum Gasteiger partial charge on any atom is -0.192 e. The summed E-state index contributed by atoms with van der Waals surface area (Å²) in [7, 11) is 0. The second-order valence-electron chi connectivity index (χ2n) is 4.88. The molecule has 0 amide bonds. The van der Waals surface area contributed by atoms with Gasteiger partial charge in [-0.3, -0.25) is 0 Å². The number of benzene rings is 1. The average molecular weight is 213 g/mol. The Labute approximate surface area is 98.1 Å². The van der Waals surface area contributed by atoms with Crippen molar-refractivity contribution in [2.45, 2.75) is 50.9 Å². The van der Waals surface area contributed by atoms with Crippen LogP contribution in [0.1, 0.15) is 56.6 Å². The molecule has 1 saturated carbocycles. The fourth-order valence-electron chi connectivity index (χ4n) is 2.97. The van der Waals surface area contributed by atoms with Crippen LogP contribution < -0.4 is 0 Å². The van der Waals surface area contributed by atoms with Gasteiger partial charge in [0.25, 0.3) is 0 Å². The molecule has 0 radical (unpaired) electrons. The molecule has 1 nitrogen and oxygen atoms in total. The quantitative estimate of drug-likeness (QED) is 0.723. The second kappa shape index (κ2) is 4.70. The highest BCUT2D eigenvalue weighted by Crippen LogP contribution is 2.41. The van der Waals surface area contributed by atoms with Crippen LogP contribution in [-0.4, -0.2) is 0 Å². The van der Waals surface area contributed by atoms with Crippen molar-refractivity contribution in [3.63, 3.8) is 0 Å². The highest BCUT2D eigenvalue weighted by Gasteiger charge is 2.31. The summed E-state index contributed by atoms with van der Waals surface area (Å²) in [6.07, 6.45) is 7.95. The molecule has 16 heavy (non-hydrogen) atoms. The minimum atomic E-state index is 0.395. The molecule has 0 unspecified atom stereocenters. The predicted molar refractivity (Wildman–Crippen MR) is 66.2 cm³/mol. The topological polar surface area (TPSA) is 23.8 Å². The molecule has 0 N–H and O–H groups in total. The van der Waals surface area contributed by atoms with Crippen molar-refractivity contribution in [1.29, 1.82) is 5.26 Å². The Morgan fingerprint density at radius 3 is 2.25 bits per heavy atom. The molecule has 0 saturated heterocycles. The van der Waals surface area contributed by atoms with Gasteiger partial charge in [0.05, 0.1) is 11.6 Å². The summed E-state index contributed by atoms with van der Waals surface area (Å²) in [5.74, 6) is 0. The Hall–Kier alpha value is -1.29. The zero-order valence-electron chi connectivity index (χ0n) is 10.00. The lowest BCUT2D eigenvalue weighted by Gasteiger charge is -2.37. The molecular weight excluding hydrogens is 194 g/mol. The first-order chi connectivity index (χ1) is 7.80. The molecule has 0 atom stereocenters. The summed E-state index contributed by atoms with van der Waals surface area (Å²) < 4.78 is 0. The van der Waals surface area contributed by atoms with Crippen molar-refractivity contribution in [1.82, 2.24) is 0 Å². The summed E-state index contributed by atoms with van der Waals surface area (Å²) >= 11 is 0. The lowest BCUT2D eigenvalue weighted by Crippen LogP contribution is -2.28. The number of hydrogen-bond donors (Lipinski definition) is 0. The molecule has 0 aliphatic heterocycles. The first-order valence-corrected chi connectivity index (χ1v) is 6.31. The number of nitrogens with zero attached hydrogens (tertiary/aromatic N) is 1. The van der Waals surface area contributed by atoms with Crippen LogP contribution in [0.25, 0.3) is 0 Å². The Morgan fingerprint density at radius 2 is 1.75 bits per heavy atom. The van der Waals surface area contributed by atoms with Gasteiger partial charge >= 0.3 is 0 Å². The summed E-state index contributed by atoms with van der Waals surface area (Å²) in [5, 5.41) is 8.81. The van der Waals surface area contributed by atoms with Gasteiger partial charge in [-0.1, -0.05) is 38.3 Å². The van der Waals surface area contributed by atoms with E-state index in [1.807, 2.05) is 12.1 Å². The van der Waals surface area contributed by atoms with Crippen LogP contribution in [-0.2, 0) is 5.41 Å². The maximum absolute atomic E-state index is 8.81. The van der Waals surface area contributed by atoms with Crippen molar-refractivity contribution in [3.8, 4) is 6.07 Å². The molecule has 0 spiro atoms. The fraction of sp³-hybridized carbons (Fsp3) is 0.533. The monoisotopic (exact) mass is 213 g/mol. The second-order valence-corrected chi connectivity index (χ2v) is 4.88. The van der Waals surface area contributed by atoms with Crippen molar-refractivity contribution >= 4 is 0 Å². The van der Waals surface area contributed by atoms with Gasteiger partial charge in [-0.15, -0.1) is 0 Å². The molecule has 84 valence electrons. The standard InChI is InChI=1S/C15H19N/c1-2-15(10-4-3-5-11-15)14-8-6-13(12-16)7-9-14/h6-9H,2-5,10-11H2,1H3. The zero-order chi connectivity index (χ0) is 11.4. The van der Waals surface area contributed by atoms with E-state index >= 15 is 0 Å². The van der Waals surface area contributed by atoms with E-state index in [4.69, 9.17) is 5.26 Å². The van der Waals surface area contributed by atoms with E-state index in [-0.39, 0.29) is 0 Å². The van der Waals surface area contributed by atoms with Gasteiger partial charge in [-0.2, -0.15) is 5.26 Å². The van der Waals surface area contributed by atoms with Crippen LogP contribution >= 0.6 is 0 Å². The first kappa shape index (κ1) is 11.2. The SMILES string of the molecule is CCC1(c2ccc(C#N)cc2)CCCCC1. The molecular formula is C15H19N. The van der Waals surface area contributed by atoms with Crippen LogP contribution in [0.3, 0.4) is 0 Å². The maximum atomic E-state index is 8.81. The predicted octanol–water partition coefficient (Wildman–Crippen LogP) is 4.17. The summed E-state index contributed by atoms with van der Waals surface area (Å²) in [4.78, 5) is 0. The highest BCUT2D eigenvalue weighted by atomic mass is 14.4. The van der Waals surface area contributed by atoms with Crippen LogP contribution in [0, 0.1) is 11.3 Å². The smallest absolute Gasteiger partial charge is 0.0991 e. The Kier molecular flexibility index (Phi) is 3.29. The molecule has 0 heterocycles. The molecule has 1 aromatic rings. The van der Waals surface area contributed by atoms with Gasteiger partial charge < -0.3 is 0 Å². The zero-order valence-corrected chi connectivity index (χ0v) is 10.00. The number of nitriles is 1. The van der Waals surface area contributed by atoms with E-state index in [1.54, 1.807) is 0 Å². The molecule has 0 bridgehead atoms. The maximum Gasteiger partial charge on any atom is 0.0991 e. The number of hydrogen-bond acceptors (Lipinski definition) is 1. The van der Waals surface area contributed by atoms with Gasteiger partial charge in [0, 0.05) is 0 Å². The van der Waals surface area contributed by atoms with Crippen LogP contribution in [0.2, 0.25) is 0 Å². The van der Waals surface area contributed by atoms with E-state index < -0.39 is 0 Å². The fourth-order valence-corrected chi connectivity index (χ4v) is 2.97. The van der Waals surface area contributed by atoms with Crippen molar-refractivity contribution in [2.75, 3.05) is 0 Å². The average Bonchev–Trinajstić information content (AvgIpc) is 2.39. The molecule has 2 rings (SSSR count). The van der Waals surface area contributed by atoms with Gasteiger partial charge in [0.2, 0.25) is 0 Å². The van der Waals surface area contributed by atoms with E-state index in [9.17, 15) is 0 Å². The van der Waals surface area contributed by atoms with Gasteiger partial charge in [-0.25, -0.2) is 0 Å². The molecule has 0 aromatic heterocycles. The van der Waals surface area contributed by atoms with Crippen LogP contribution in [0.4, 0.5) is 0 Å². The highest BCUT2D eigenvalue weighted by molar-refractivity contribution is 5.35. The number of rotatable bonds is 2. The summed E-state index contributed by atoms with van der Waals surface area (Å²) in [6, 6.07) is 10.4. The molecule has 1 aromatic carbocycles. The molecule has 1 heteroatoms. The third-order valence-corrected chi connectivity index (χ3v) is 4.11. The van der Waals surface area contributed by atoms with E-state index in [0.29, 0.717) is 5.41 Å². The van der Waals surface area contributed by atoms with Crippen molar-refractivity contribution < 1.29 is 0 Å². The molecule has 1 aliphatic rings. The van der Waals surface area contributed by atoms with E-state index in [0.717, 1.165) is 5.56 Å². The van der Waals surface area contributed by atoms with E-state index in [1.165, 1.54) is 44.1 Å². The Bertz CT molecular complexity index is 377. The van der Waals surface area contributed by atoms with Gasteiger partial charge in [0.15, 0.2) is 0 Å². The third kappa shape index (κ3) is 1.97. The lowest BCUT2D eigenvalue weighted by molar-refractivity contribution is 0.283. The third-order valence-electron chi connectivity index (χ3n) is 4.11. The largest absolute Gasteiger partial charge is 0.192 e. The van der Waals surface area contributed by atoms with Gasteiger partial charge in [0.1, 0.15) is 0 Å².